The number of amides is 1. The third-order valence-electron chi connectivity index (χ3n) is 5.11. The first kappa shape index (κ1) is 24.6. The molecule has 7 nitrogen and oxygen atoms in total. The highest BCUT2D eigenvalue weighted by atomic mass is 127. The second kappa shape index (κ2) is 11.1. The summed E-state index contributed by atoms with van der Waals surface area (Å²) in [6.45, 7) is 9.44. The first-order chi connectivity index (χ1) is 13.9. The number of fused-ring (bicyclic) bond motifs is 1. The first-order valence-electron chi connectivity index (χ1n) is 10.2. The van der Waals surface area contributed by atoms with Crippen molar-refractivity contribution in [2.24, 2.45) is 12.0 Å². The molecular weight excluding hydrogens is 511 g/mol. The van der Waals surface area contributed by atoms with Gasteiger partial charge in [0.15, 0.2) is 5.96 Å². The largest absolute Gasteiger partial charge is 0.357 e. The van der Waals surface area contributed by atoms with Crippen LogP contribution in [0.4, 0.5) is 0 Å². The molecule has 1 amide bonds. The molecule has 2 aromatic rings. The Labute approximate surface area is 200 Å². The molecule has 1 aliphatic rings. The van der Waals surface area contributed by atoms with Crippen molar-refractivity contribution >= 4 is 47.2 Å². The van der Waals surface area contributed by atoms with Crippen molar-refractivity contribution in [1.82, 2.24) is 24.9 Å². The summed E-state index contributed by atoms with van der Waals surface area (Å²) in [4.78, 5) is 22.7. The third kappa shape index (κ3) is 5.96. The molecular formula is C21H33IN6OS. The van der Waals surface area contributed by atoms with Crippen molar-refractivity contribution in [2.75, 3.05) is 26.7 Å². The van der Waals surface area contributed by atoms with Crippen LogP contribution in [-0.4, -0.2) is 58.1 Å². The summed E-state index contributed by atoms with van der Waals surface area (Å²) in [6.07, 6.45) is 3.01. The molecule has 0 aliphatic carbocycles. The van der Waals surface area contributed by atoms with Gasteiger partial charge in [0.25, 0.3) is 0 Å². The number of thiophene rings is 1. The molecule has 0 saturated carbocycles. The highest BCUT2D eigenvalue weighted by Gasteiger charge is 2.21. The molecule has 0 unspecified atom stereocenters. The number of carbonyl (C=O) groups is 1. The molecule has 1 aliphatic heterocycles. The summed E-state index contributed by atoms with van der Waals surface area (Å²) in [5.74, 6) is 1.18. The van der Waals surface area contributed by atoms with E-state index in [2.05, 4.69) is 51.8 Å². The maximum Gasteiger partial charge on any atom is 0.244 e. The number of rotatable bonds is 6. The van der Waals surface area contributed by atoms with Crippen molar-refractivity contribution in [2.45, 2.75) is 46.2 Å². The standard InChI is InChI=1S/C21H32N6OS.HI/c1-6-22-21(25(4)12-17-13-26(5)24-20(17)15(2)3)23-11-19(28)27-9-7-18-16(14-27)8-10-29-18;/h8,10,13,15H,6-7,9,11-12,14H2,1-5H3,(H,22,23);1H. The summed E-state index contributed by atoms with van der Waals surface area (Å²) in [5, 5.41) is 10.0. The Hall–Kier alpha value is -1.62. The van der Waals surface area contributed by atoms with Crippen LogP contribution in [0.15, 0.2) is 22.6 Å². The molecule has 0 fully saturated rings. The number of aryl methyl sites for hydroxylation is 1. The highest BCUT2D eigenvalue weighted by molar-refractivity contribution is 14.0. The molecule has 3 rings (SSSR count). The number of hydrogen-bond donors (Lipinski definition) is 1. The van der Waals surface area contributed by atoms with E-state index in [0.29, 0.717) is 19.0 Å². The number of aliphatic imine (C=N–C) groups is 1. The normalized spacial score (nSPS) is 13.8. The van der Waals surface area contributed by atoms with Crippen LogP contribution in [0.1, 0.15) is 48.4 Å². The molecule has 3 heterocycles. The molecule has 0 radical (unpaired) electrons. The van der Waals surface area contributed by atoms with Crippen LogP contribution in [0.5, 0.6) is 0 Å². The summed E-state index contributed by atoms with van der Waals surface area (Å²) in [7, 11) is 3.95. The van der Waals surface area contributed by atoms with E-state index < -0.39 is 0 Å². The molecule has 0 bridgehead atoms. The minimum atomic E-state index is 0. The van der Waals surface area contributed by atoms with Gasteiger partial charge in [-0.15, -0.1) is 35.3 Å². The monoisotopic (exact) mass is 544 g/mol. The van der Waals surface area contributed by atoms with Crippen LogP contribution >= 0.6 is 35.3 Å². The Bertz CT molecular complexity index is 875. The van der Waals surface area contributed by atoms with E-state index >= 15 is 0 Å². The van der Waals surface area contributed by atoms with Gasteiger partial charge in [-0.25, -0.2) is 4.99 Å². The lowest BCUT2D eigenvalue weighted by Gasteiger charge is -2.27. The summed E-state index contributed by atoms with van der Waals surface area (Å²) >= 11 is 1.78. The van der Waals surface area contributed by atoms with Crippen molar-refractivity contribution < 1.29 is 4.79 Å². The quantitative estimate of drug-likeness (QED) is 0.345. The van der Waals surface area contributed by atoms with Gasteiger partial charge in [-0.3, -0.25) is 9.48 Å². The predicted octanol–water partition coefficient (Wildman–Crippen LogP) is 3.21. The summed E-state index contributed by atoms with van der Waals surface area (Å²) in [6, 6.07) is 2.13. The minimum absolute atomic E-state index is 0. The fraction of sp³-hybridized carbons (Fsp3) is 0.571. The van der Waals surface area contributed by atoms with Crippen LogP contribution < -0.4 is 5.32 Å². The van der Waals surface area contributed by atoms with Gasteiger partial charge in [0.05, 0.1) is 5.69 Å². The number of carbonyl (C=O) groups excluding carboxylic acids is 1. The van der Waals surface area contributed by atoms with Crippen LogP contribution in [-0.2, 0) is 31.4 Å². The molecule has 2 aromatic heterocycles. The van der Waals surface area contributed by atoms with Crippen LogP contribution in [0.3, 0.4) is 0 Å². The summed E-state index contributed by atoms with van der Waals surface area (Å²) in [5.41, 5.74) is 3.56. The van der Waals surface area contributed by atoms with Crippen molar-refractivity contribution in [3.8, 4) is 0 Å². The smallest absolute Gasteiger partial charge is 0.244 e. The van der Waals surface area contributed by atoms with Crippen molar-refractivity contribution in [3.05, 3.63) is 39.3 Å². The lowest BCUT2D eigenvalue weighted by atomic mass is 10.1. The second-order valence-electron chi connectivity index (χ2n) is 7.83. The second-order valence-corrected chi connectivity index (χ2v) is 8.83. The van der Waals surface area contributed by atoms with Crippen LogP contribution in [0.2, 0.25) is 0 Å². The van der Waals surface area contributed by atoms with Gasteiger partial charge in [-0.1, -0.05) is 13.8 Å². The Balaban J connectivity index is 0.00000320. The SMILES string of the molecule is CCNC(=NCC(=O)N1CCc2sccc2C1)N(C)Cc1cn(C)nc1C(C)C.I. The summed E-state index contributed by atoms with van der Waals surface area (Å²) < 4.78 is 1.86. The molecule has 9 heteroatoms. The van der Waals surface area contributed by atoms with E-state index in [-0.39, 0.29) is 36.4 Å². The molecule has 0 spiro atoms. The van der Waals surface area contributed by atoms with Crippen molar-refractivity contribution in [1.29, 1.82) is 0 Å². The van der Waals surface area contributed by atoms with E-state index in [1.807, 2.05) is 30.6 Å². The van der Waals surface area contributed by atoms with Gasteiger partial charge in [0.1, 0.15) is 6.54 Å². The van der Waals surface area contributed by atoms with Crippen LogP contribution in [0.25, 0.3) is 0 Å². The van der Waals surface area contributed by atoms with Crippen LogP contribution in [0, 0.1) is 0 Å². The fourth-order valence-corrected chi connectivity index (χ4v) is 4.56. The zero-order valence-corrected chi connectivity index (χ0v) is 21.7. The maximum atomic E-state index is 12.7. The highest BCUT2D eigenvalue weighted by Crippen LogP contribution is 2.24. The van der Waals surface area contributed by atoms with Gasteiger partial charge in [0.2, 0.25) is 5.91 Å². The Morgan fingerprint density at radius 1 is 1.43 bits per heavy atom. The number of aromatic nitrogens is 2. The van der Waals surface area contributed by atoms with Gasteiger partial charge in [0, 0.05) is 56.9 Å². The Kier molecular flexibility index (Phi) is 9.14. The number of hydrogen-bond acceptors (Lipinski definition) is 4. The Morgan fingerprint density at radius 3 is 2.90 bits per heavy atom. The number of nitrogens with zero attached hydrogens (tertiary/aromatic N) is 5. The van der Waals surface area contributed by atoms with E-state index in [9.17, 15) is 4.79 Å². The average molecular weight is 545 g/mol. The average Bonchev–Trinajstić information content (AvgIpc) is 3.30. The van der Waals surface area contributed by atoms with E-state index in [4.69, 9.17) is 0 Å². The zero-order chi connectivity index (χ0) is 21.0. The zero-order valence-electron chi connectivity index (χ0n) is 18.5. The minimum Gasteiger partial charge on any atom is -0.357 e. The molecule has 166 valence electrons. The van der Waals surface area contributed by atoms with E-state index in [1.54, 1.807) is 11.3 Å². The van der Waals surface area contributed by atoms with Gasteiger partial charge in [-0.2, -0.15) is 5.10 Å². The van der Waals surface area contributed by atoms with Gasteiger partial charge < -0.3 is 15.1 Å². The number of guanidine groups is 1. The van der Waals surface area contributed by atoms with E-state index in [1.165, 1.54) is 16.0 Å². The third-order valence-corrected chi connectivity index (χ3v) is 6.14. The predicted molar refractivity (Wildman–Crippen MR) is 134 cm³/mol. The topological polar surface area (TPSA) is 65.8 Å². The van der Waals surface area contributed by atoms with Gasteiger partial charge in [-0.05, 0) is 36.3 Å². The number of halogens is 1. The lowest BCUT2D eigenvalue weighted by Crippen LogP contribution is -2.41. The van der Waals surface area contributed by atoms with E-state index in [0.717, 1.165) is 31.2 Å². The molecule has 0 atom stereocenters. The lowest BCUT2D eigenvalue weighted by molar-refractivity contribution is -0.130. The number of nitrogens with one attached hydrogen (secondary N) is 1. The molecule has 0 aromatic carbocycles. The Morgan fingerprint density at radius 2 is 2.20 bits per heavy atom. The first-order valence-corrected chi connectivity index (χ1v) is 11.1. The fourth-order valence-electron chi connectivity index (χ4n) is 3.67. The van der Waals surface area contributed by atoms with Gasteiger partial charge >= 0.3 is 0 Å². The molecule has 1 N–H and O–H groups in total. The molecule has 0 saturated heterocycles. The molecule has 30 heavy (non-hydrogen) atoms. The maximum absolute atomic E-state index is 12.7. The van der Waals surface area contributed by atoms with Crippen molar-refractivity contribution in [3.63, 3.8) is 0 Å².